The summed E-state index contributed by atoms with van der Waals surface area (Å²) in [5.74, 6) is 0.560. The molecule has 1 aliphatic rings. The molecule has 5 nitrogen and oxygen atoms in total. The number of carbonyl (C=O) groups is 1. The molecule has 1 fully saturated rings. The van der Waals surface area contributed by atoms with E-state index >= 15 is 0 Å². The van der Waals surface area contributed by atoms with Crippen molar-refractivity contribution in [2.45, 2.75) is 6.61 Å². The van der Waals surface area contributed by atoms with Crippen LogP contribution < -0.4 is 14.8 Å². The zero-order valence-electron chi connectivity index (χ0n) is 17.0. The molecule has 3 aromatic rings. The van der Waals surface area contributed by atoms with Crippen molar-refractivity contribution < 1.29 is 18.7 Å². The summed E-state index contributed by atoms with van der Waals surface area (Å²) in [6.45, 7) is 0.278. The maximum atomic E-state index is 13.0. The molecule has 3 aromatic carbocycles. The fourth-order valence-electron chi connectivity index (χ4n) is 2.90. The number of aliphatic imine (C=N–C) groups is 1. The molecule has 0 bridgehead atoms. The summed E-state index contributed by atoms with van der Waals surface area (Å²) in [4.78, 5) is 17.3. The van der Waals surface area contributed by atoms with E-state index in [1.165, 1.54) is 23.9 Å². The number of amidine groups is 1. The largest absolute Gasteiger partial charge is 0.493 e. The molecule has 1 heterocycles. The number of nitrogens with one attached hydrogen (secondary N) is 1. The lowest BCUT2D eigenvalue weighted by molar-refractivity contribution is -0.115. The van der Waals surface area contributed by atoms with Crippen LogP contribution in [-0.2, 0) is 11.4 Å². The van der Waals surface area contributed by atoms with Crippen LogP contribution in [-0.4, -0.2) is 18.2 Å². The lowest BCUT2D eigenvalue weighted by atomic mass is 10.2. The van der Waals surface area contributed by atoms with E-state index in [2.05, 4.69) is 10.3 Å². The molecule has 8 heteroatoms. The number of ether oxygens (including phenoxy) is 2. The number of thioether (sulfide) groups is 1. The highest BCUT2D eigenvalue weighted by Crippen LogP contribution is 2.32. The van der Waals surface area contributed by atoms with Crippen molar-refractivity contribution in [1.29, 1.82) is 0 Å². The molecule has 162 valence electrons. The topological polar surface area (TPSA) is 59.9 Å². The standard InChI is InChI=1S/C24H18ClFN2O3S/c1-30-21-12-16(4-11-20(21)31-14-15-2-7-18(26)8-3-15)13-22-23(29)28-24(32-22)27-19-9-5-17(25)6-10-19/h2-13H,14H2,1H3,(H,27,28,29)/b22-13-. The summed E-state index contributed by atoms with van der Waals surface area (Å²) in [6, 6.07) is 18.5. The van der Waals surface area contributed by atoms with Crippen LogP contribution in [0.3, 0.4) is 0 Å². The summed E-state index contributed by atoms with van der Waals surface area (Å²) in [6.07, 6.45) is 1.76. The minimum absolute atomic E-state index is 0.224. The minimum atomic E-state index is -0.293. The number of methoxy groups -OCH3 is 1. The van der Waals surface area contributed by atoms with Gasteiger partial charge in [0.15, 0.2) is 16.7 Å². The molecule has 0 radical (unpaired) electrons. The summed E-state index contributed by atoms with van der Waals surface area (Å²) in [5, 5.41) is 3.88. The number of nitrogens with zero attached hydrogens (tertiary/aromatic N) is 1. The zero-order chi connectivity index (χ0) is 22.5. The molecule has 4 rings (SSSR count). The van der Waals surface area contributed by atoms with Gasteiger partial charge in [0, 0.05) is 5.02 Å². The predicted molar refractivity (Wildman–Crippen MR) is 126 cm³/mol. The van der Waals surface area contributed by atoms with Gasteiger partial charge in [-0.15, -0.1) is 0 Å². The molecular formula is C24H18ClFN2O3S. The number of halogens is 2. The van der Waals surface area contributed by atoms with E-state index < -0.39 is 0 Å². The van der Waals surface area contributed by atoms with Crippen LogP contribution >= 0.6 is 23.4 Å². The van der Waals surface area contributed by atoms with Crippen LogP contribution in [0, 0.1) is 5.82 Å². The Labute approximate surface area is 193 Å². The predicted octanol–water partition coefficient (Wildman–Crippen LogP) is 5.96. The molecule has 1 saturated heterocycles. The van der Waals surface area contributed by atoms with Crippen molar-refractivity contribution in [3.8, 4) is 11.5 Å². The summed E-state index contributed by atoms with van der Waals surface area (Å²) in [5.41, 5.74) is 2.32. The highest BCUT2D eigenvalue weighted by atomic mass is 35.5. The van der Waals surface area contributed by atoms with Gasteiger partial charge in [0.25, 0.3) is 5.91 Å². The van der Waals surface area contributed by atoms with Crippen molar-refractivity contribution >= 4 is 46.2 Å². The fourth-order valence-corrected chi connectivity index (χ4v) is 3.87. The third-order valence-electron chi connectivity index (χ3n) is 4.50. The van der Waals surface area contributed by atoms with E-state index in [-0.39, 0.29) is 18.3 Å². The van der Waals surface area contributed by atoms with Gasteiger partial charge in [0.2, 0.25) is 0 Å². The highest BCUT2D eigenvalue weighted by molar-refractivity contribution is 8.18. The van der Waals surface area contributed by atoms with Crippen molar-refractivity contribution in [2.75, 3.05) is 7.11 Å². The Morgan fingerprint density at radius 2 is 1.81 bits per heavy atom. The Hall–Kier alpha value is -3.29. The van der Waals surface area contributed by atoms with Crippen LogP contribution in [0.25, 0.3) is 6.08 Å². The monoisotopic (exact) mass is 468 g/mol. The molecule has 1 aliphatic heterocycles. The van der Waals surface area contributed by atoms with E-state index in [0.717, 1.165) is 11.1 Å². The molecule has 0 aliphatic carbocycles. The van der Waals surface area contributed by atoms with Crippen molar-refractivity contribution in [3.63, 3.8) is 0 Å². The molecule has 0 unspecified atom stereocenters. The van der Waals surface area contributed by atoms with Gasteiger partial charge in [-0.05, 0) is 77.5 Å². The van der Waals surface area contributed by atoms with Crippen molar-refractivity contribution in [3.05, 3.63) is 93.6 Å². The lowest BCUT2D eigenvalue weighted by Crippen LogP contribution is -2.19. The van der Waals surface area contributed by atoms with Gasteiger partial charge in [-0.25, -0.2) is 9.38 Å². The molecule has 0 atom stereocenters. The maximum Gasteiger partial charge on any atom is 0.264 e. The smallest absolute Gasteiger partial charge is 0.264 e. The molecule has 0 saturated carbocycles. The second-order valence-electron chi connectivity index (χ2n) is 6.78. The molecule has 1 N–H and O–H groups in total. The van der Waals surface area contributed by atoms with Gasteiger partial charge in [0.05, 0.1) is 17.7 Å². The number of rotatable bonds is 6. The molecule has 0 aromatic heterocycles. The van der Waals surface area contributed by atoms with Crippen LogP contribution in [0.1, 0.15) is 11.1 Å². The maximum absolute atomic E-state index is 13.0. The van der Waals surface area contributed by atoms with Gasteiger partial charge in [-0.1, -0.05) is 29.8 Å². The summed E-state index contributed by atoms with van der Waals surface area (Å²) < 4.78 is 24.3. The Bertz CT molecular complexity index is 1190. The lowest BCUT2D eigenvalue weighted by Gasteiger charge is -2.11. The minimum Gasteiger partial charge on any atom is -0.493 e. The first kappa shape index (κ1) is 21.9. The second-order valence-corrected chi connectivity index (χ2v) is 8.25. The third-order valence-corrected chi connectivity index (χ3v) is 5.66. The Morgan fingerprint density at radius 1 is 1.06 bits per heavy atom. The molecular weight excluding hydrogens is 451 g/mol. The van der Waals surface area contributed by atoms with E-state index in [1.54, 1.807) is 61.7 Å². The first-order valence-corrected chi connectivity index (χ1v) is 10.8. The van der Waals surface area contributed by atoms with Crippen LogP contribution in [0.2, 0.25) is 5.02 Å². The number of carbonyl (C=O) groups excluding carboxylic acids is 1. The van der Waals surface area contributed by atoms with E-state index in [9.17, 15) is 9.18 Å². The molecule has 1 amide bonds. The second kappa shape index (κ2) is 9.89. The van der Waals surface area contributed by atoms with E-state index in [4.69, 9.17) is 21.1 Å². The number of benzene rings is 3. The van der Waals surface area contributed by atoms with Gasteiger partial charge in [0.1, 0.15) is 12.4 Å². The third kappa shape index (κ3) is 5.49. The number of hydrogen-bond donors (Lipinski definition) is 1. The average molecular weight is 469 g/mol. The quantitative estimate of drug-likeness (QED) is 0.453. The number of hydrogen-bond acceptors (Lipinski definition) is 5. The van der Waals surface area contributed by atoms with Gasteiger partial charge in [-0.3, -0.25) is 4.79 Å². The molecule has 32 heavy (non-hydrogen) atoms. The zero-order valence-corrected chi connectivity index (χ0v) is 18.5. The Morgan fingerprint density at radius 3 is 2.53 bits per heavy atom. The Balaban J connectivity index is 1.47. The van der Waals surface area contributed by atoms with Gasteiger partial charge in [-0.2, -0.15) is 0 Å². The normalized spacial score (nSPS) is 15.8. The van der Waals surface area contributed by atoms with Crippen molar-refractivity contribution in [1.82, 2.24) is 5.32 Å². The molecule has 0 spiro atoms. The van der Waals surface area contributed by atoms with Crippen molar-refractivity contribution in [2.24, 2.45) is 4.99 Å². The van der Waals surface area contributed by atoms with Crippen LogP contribution in [0.4, 0.5) is 10.1 Å². The first-order valence-electron chi connectivity index (χ1n) is 9.60. The number of amides is 1. The average Bonchev–Trinajstić information content (AvgIpc) is 3.13. The van der Waals surface area contributed by atoms with E-state index in [0.29, 0.717) is 32.3 Å². The van der Waals surface area contributed by atoms with Crippen LogP contribution in [0.5, 0.6) is 11.5 Å². The summed E-state index contributed by atoms with van der Waals surface area (Å²) in [7, 11) is 1.55. The Kier molecular flexibility index (Phi) is 6.78. The van der Waals surface area contributed by atoms with Crippen LogP contribution in [0.15, 0.2) is 76.6 Å². The highest BCUT2D eigenvalue weighted by Gasteiger charge is 2.24. The van der Waals surface area contributed by atoms with Gasteiger partial charge < -0.3 is 14.8 Å². The summed E-state index contributed by atoms with van der Waals surface area (Å²) >= 11 is 7.15. The SMILES string of the molecule is COc1cc(/C=C2\SC(=Nc3ccc(Cl)cc3)NC2=O)ccc1OCc1ccc(F)cc1. The fraction of sp³-hybridized carbons (Fsp3) is 0.0833. The van der Waals surface area contributed by atoms with E-state index in [1.807, 2.05) is 6.07 Å². The van der Waals surface area contributed by atoms with Gasteiger partial charge >= 0.3 is 0 Å². The first-order chi connectivity index (χ1) is 15.5.